The van der Waals surface area contributed by atoms with Gasteiger partial charge in [0.2, 0.25) is 10.0 Å². The topological polar surface area (TPSA) is 66.5 Å². The van der Waals surface area contributed by atoms with Crippen LogP contribution in [-0.4, -0.2) is 26.1 Å². The van der Waals surface area contributed by atoms with Crippen molar-refractivity contribution in [3.63, 3.8) is 0 Å². The van der Waals surface area contributed by atoms with Crippen LogP contribution in [0.1, 0.15) is 42.3 Å². The molecule has 1 heterocycles. The zero-order chi connectivity index (χ0) is 18.9. The zero-order valence-corrected chi connectivity index (χ0v) is 16.1. The number of carbonyl (C=O) groups is 1. The van der Waals surface area contributed by atoms with E-state index in [4.69, 9.17) is 0 Å². The van der Waals surface area contributed by atoms with Crippen molar-refractivity contribution in [3.05, 3.63) is 59.2 Å². The number of para-hydroxylation sites is 1. The number of nitrogens with zero attached hydrogens (tertiary/aromatic N) is 1. The Morgan fingerprint density at radius 2 is 1.92 bits per heavy atom. The van der Waals surface area contributed by atoms with Crippen LogP contribution >= 0.6 is 0 Å². The van der Waals surface area contributed by atoms with Gasteiger partial charge in [0, 0.05) is 17.3 Å². The van der Waals surface area contributed by atoms with E-state index < -0.39 is 10.0 Å². The molecule has 2 aromatic rings. The number of benzene rings is 2. The maximum Gasteiger partial charge on any atom is 0.255 e. The first-order valence-electron chi connectivity index (χ1n) is 8.91. The van der Waals surface area contributed by atoms with E-state index in [1.165, 1.54) is 4.31 Å². The molecule has 1 amide bonds. The van der Waals surface area contributed by atoms with Crippen molar-refractivity contribution in [3.8, 4) is 0 Å². The predicted octanol–water partition coefficient (Wildman–Crippen LogP) is 3.60. The minimum atomic E-state index is -3.32. The lowest BCUT2D eigenvalue weighted by atomic mass is 10.1. The quantitative estimate of drug-likeness (QED) is 0.872. The fourth-order valence-corrected chi connectivity index (χ4v) is 4.83. The number of carbonyl (C=O) groups excluding carboxylic acids is 1. The predicted molar refractivity (Wildman–Crippen MR) is 105 cm³/mol. The number of sulfonamides is 1. The van der Waals surface area contributed by atoms with Gasteiger partial charge in [-0.3, -0.25) is 9.10 Å². The van der Waals surface area contributed by atoms with Crippen molar-refractivity contribution in [2.75, 3.05) is 15.4 Å². The summed E-state index contributed by atoms with van der Waals surface area (Å²) in [6, 6.07) is 12.8. The van der Waals surface area contributed by atoms with Crippen LogP contribution in [0.15, 0.2) is 42.5 Å². The third kappa shape index (κ3) is 3.33. The number of rotatable bonds is 5. The number of fused-ring (bicyclic) bond motifs is 1. The van der Waals surface area contributed by atoms with Crippen molar-refractivity contribution in [1.82, 2.24) is 0 Å². The Labute approximate surface area is 155 Å². The highest BCUT2D eigenvalue weighted by atomic mass is 32.2. The van der Waals surface area contributed by atoms with E-state index in [9.17, 15) is 13.2 Å². The number of nitrogens with one attached hydrogen (secondary N) is 1. The van der Waals surface area contributed by atoms with E-state index >= 15 is 0 Å². The highest BCUT2D eigenvalue weighted by Gasteiger charge is 2.34. The maximum absolute atomic E-state index is 12.7. The normalized spacial score (nSPS) is 16.4. The first-order chi connectivity index (χ1) is 12.4. The van der Waals surface area contributed by atoms with Crippen LogP contribution in [0.3, 0.4) is 0 Å². The van der Waals surface area contributed by atoms with Crippen molar-refractivity contribution in [2.45, 2.75) is 39.7 Å². The molecule has 26 heavy (non-hydrogen) atoms. The van der Waals surface area contributed by atoms with Crippen molar-refractivity contribution in [1.29, 1.82) is 0 Å². The van der Waals surface area contributed by atoms with Crippen LogP contribution in [0, 0.1) is 0 Å². The first-order valence-corrected chi connectivity index (χ1v) is 10.5. The number of hydrogen-bond donors (Lipinski definition) is 1. The van der Waals surface area contributed by atoms with E-state index in [-0.39, 0.29) is 17.7 Å². The lowest BCUT2D eigenvalue weighted by molar-refractivity contribution is 0.102. The van der Waals surface area contributed by atoms with Gasteiger partial charge in [0.05, 0.1) is 11.4 Å². The second-order valence-corrected chi connectivity index (χ2v) is 8.69. The van der Waals surface area contributed by atoms with E-state index in [2.05, 4.69) is 5.32 Å². The SMILES string of the molecule is CCc1ccccc1NC(=O)c1ccc2c(c1)C[C@H](C)N2S(=O)(=O)CC. The number of anilines is 2. The standard InChI is InChI=1S/C20H24N2O3S/c1-4-15-8-6-7-9-18(15)21-20(23)16-10-11-19-17(13-16)12-14(3)22(19)26(24,25)5-2/h6-11,13-14H,4-5,12H2,1-3H3,(H,21,23)/t14-/m0/s1. The molecule has 3 rings (SSSR count). The molecule has 0 saturated carbocycles. The molecule has 1 atom stereocenters. The van der Waals surface area contributed by atoms with Gasteiger partial charge in [-0.2, -0.15) is 0 Å². The van der Waals surface area contributed by atoms with Gasteiger partial charge in [0.15, 0.2) is 0 Å². The van der Waals surface area contributed by atoms with E-state index in [1.54, 1.807) is 25.1 Å². The Bertz CT molecular complexity index is 938. The molecule has 6 heteroatoms. The summed E-state index contributed by atoms with van der Waals surface area (Å²) in [4.78, 5) is 12.7. The van der Waals surface area contributed by atoms with E-state index in [0.717, 1.165) is 23.2 Å². The van der Waals surface area contributed by atoms with Gasteiger partial charge in [0.1, 0.15) is 0 Å². The molecule has 5 nitrogen and oxygen atoms in total. The maximum atomic E-state index is 12.7. The van der Waals surface area contributed by atoms with Gasteiger partial charge in [0.25, 0.3) is 5.91 Å². The summed E-state index contributed by atoms with van der Waals surface area (Å²) in [5.74, 6) is -0.120. The molecule has 1 N–H and O–H groups in total. The third-order valence-corrected chi connectivity index (χ3v) is 6.69. The Kier molecular flexibility index (Phi) is 5.05. The Morgan fingerprint density at radius 1 is 1.19 bits per heavy atom. The number of aryl methyl sites for hydroxylation is 1. The largest absolute Gasteiger partial charge is 0.322 e. The smallest absolute Gasteiger partial charge is 0.255 e. The molecule has 0 fully saturated rings. The Balaban J connectivity index is 1.88. The van der Waals surface area contributed by atoms with Gasteiger partial charge in [-0.1, -0.05) is 25.1 Å². The van der Waals surface area contributed by atoms with E-state index in [0.29, 0.717) is 17.7 Å². The summed E-state index contributed by atoms with van der Waals surface area (Å²) >= 11 is 0. The lowest BCUT2D eigenvalue weighted by Crippen LogP contribution is -2.36. The average molecular weight is 372 g/mol. The minimum absolute atomic E-state index is 0.0623. The molecule has 138 valence electrons. The molecule has 0 saturated heterocycles. The van der Waals surface area contributed by atoms with Gasteiger partial charge in [-0.25, -0.2) is 8.42 Å². The van der Waals surface area contributed by atoms with Crippen LogP contribution < -0.4 is 9.62 Å². The van der Waals surface area contributed by atoms with Crippen LogP contribution in [0.5, 0.6) is 0 Å². The van der Waals surface area contributed by atoms with Crippen molar-refractivity contribution >= 4 is 27.3 Å². The number of amides is 1. The molecule has 0 aromatic heterocycles. The summed E-state index contributed by atoms with van der Waals surface area (Å²) in [6.07, 6.45) is 1.45. The van der Waals surface area contributed by atoms with E-state index in [1.807, 2.05) is 38.1 Å². The van der Waals surface area contributed by atoms with Crippen LogP contribution in [0.2, 0.25) is 0 Å². The monoisotopic (exact) mass is 372 g/mol. The lowest BCUT2D eigenvalue weighted by Gasteiger charge is -2.23. The Hall–Kier alpha value is -2.34. The first kappa shape index (κ1) is 18.5. The second kappa shape index (κ2) is 7.11. The molecule has 0 bridgehead atoms. The zero-order valence-electron chi connectivity index (χ0n) is 15.3. The number of hydrogen-bond acceptors (Lipinski definition) is 3. The molecule has 0 unspecified atom stereocenters. The third-order valence-electron chi connectivity index (χ3n) is 4.81. The van der Waals surface area contributed by atoms with Crippen LogP contribution in [-0.2, 0) is 22.9 Å². The van der Waals surface area contributed by atoms with Gasteiger partial charge < -0.3 is 5.32 Å². The molecule has 0 aliphatic carbocycles. The highest BCUT2D eigenvalue weighted by Crippen LogP contribution is 2.35. The van der Waals surface area contributed by atoms with Crippen LogP contribution in [0.25, 0.3) is 0 Å². The molecular weight excluding hydrogens is 348 g/mol. The minimum Gasteiger partial charge on any atom is -0.322 e. The summed E-state index contributed by atoms with van der Waals surface area (Å²) in [6.45, 7) is 5.59. The van der Waals surface area contributed by atoms with Crippen LogP contribution in [0.4, 0.5) is 11.4 Å². The fourth-order valence-electron chi connectivity index (χ4n) is 3.45. The molecular formula is C20H24N2O3S. The van der Waals surface area contributed by atoms with Crippen molar-refractivity contribution in [2.24, 2.45) is 0 Å². The molecule has 1 aliphatic heterocycles. The summed E-state index contributed by atoms with van der Waals surface area (Å²) in [5, 5.41) is 2.96. The average Bonchev–Trinajstić information content (AvgIpc) is 2.97. The Morgan fingerprint density at radius 3 is 2.62 bits per heavy atom. The highest BCUT2D eigenvalue weighted by molar-refractivity contribution is 7.92. The summed E-state index contributed by atoms with van der Waals surface area (Å²) < 4.78 is 26.2. The molecule has 1 aliphatic rings. The second-order valence-electron chi connectivity index (χ2n) is 6.56. The molecule has 2 aromatic carbocycles. The summed E-state index contributed by atoms with van der Waals surface area (Å²) in [5.41, 5.74) is 4.01. The molecule has 0 spiro atoms. The van der Waals surface area contributed by atoms with Gasteiger partial charge >= 0.3 is 0 Å². The van der Waals surface area contributed by atoms with Gasteiger partial charge in [-0.15, -0.1) is 0 Å². The van der Waals surface area contributed by atoms with Crippen molar-refractivity contribution < 1.29 is 13.2 Å². The molecule has 0 radical (unpaired) electrons. The summed E-state index contributed by atoms with van der Waals surface area (Å²) in [7, 11) is -3.32. The fraction of sp³-hybridized carbons (Fsp3) is 0.350. The van der Waals surface area contributed by atoms with Gasteiger partial charge in [-0.05, 0) is 62.1 Å².